The fraction of sp³-hybridized carbons (Fsp3) is 0.474. The van der Waals surface area contributed by atoms with Crippen molar-refractivity contribution in [1.29, 1.82) is 10.5 Å². The second-order valence-corrected chi connectivity index (χ2v) is 9.40. The molecular formula is C19H24N6O4S. The third-order valence-corrected chi connectivity index (χ3v) is 5.64. The molecular weight excluding hydrogens is 408 g/mol. The molecule has 1 aliphatic heterocycles. The molecule has 1 heterocycles. The van der Waals surface area contributed by atoms with Gasteiger partial charge in [0.05, 0.1) is 10.6 Å². The van der Waals surface area contributed by atoms with Gasteiger partial charge in [-0.2, -0.15) is 15.6 Å². The molecule has 160 valence electrons. The first kappa shape index (κ1) is 23.1. The number of carbonyl (C=O) groups is 1. The molecule has 0 saturated carbocycles. The van der Waals surface area contributed by atoms with E-state index in [4.69, 9.17) is 15.3 Å². The fourth-order valence-corrected chi connectivity index (χ4v) is 4.07. The molecule has 0 unspecified atom stereocenters. The highest BCUT2D eigenvalue weighted by molar-refractivity contribution is 7.89. The lowest BCUT2D eigenvalue weighted by atomic mass is 10.1. The third-order valence-electron chi connectivity index (χ3n) is 4.12. The summed E-state index contributed by atoms with van der Waals surface area (Å²) in [6.45, 7) is 6.16. The van der Waals surface area contributed by atoms with Crippen LogP contribution in [0.15, 0.2) is 34.3 Å². The Morgan fingerprint density at radius 2 is 1.87 bits per heavy atom. The molecule has 1 aromatic rings. The van der Waals surface area contributed by atoms with Crippen LogP contribution < -0.4 is 10.1 Å². The smallest absolute Gasteiger partial charge is 0.410 e. The molecule has 2 N–H and O–H groups in total. The number of amides is 1. The molecule has 0 bridgehead atoms. The van der Waals surface area contributed by atoms with Gasteiger partial charge in [0.25, 0.3) is 0 Å². The molecule has 1 aromatic carbocycles. The summed E-state index contributed by atoms with van der Waals surface area (Å²) in [6, 6.07) is 8.77. The van der Waals surface area contributed by atoms with Crippen LogP contribution in [-0.2, 0) is 14.8 Å². The quantitative estimate of drug-likeness (QED) is 0.535. The average Bonchev–Trinajstić information content (AvgIpc) is 2.68. The Hall–Kier alpha value is -3.15. The monoisotopic (exact) mass is 432 g/mol. The van der Waals surface area contributed by atoms with E-state index < -0.39 is 21.7 Å². The number of piperidine rings is 1. The zero-order valence-corrected chi connectivity index (χ0v) is 17.9. The van der Waals surface area contributed by atoms with Crippen LogP contribution in [0.4, 0.5) is 10.5 Å². The summed E-state index contributed by atoms with van der Waals surface area (Å²) in [5.74, 6) is 0. The maximum atomic E-state index is 12.7. The van der Waals surface area contributed by atoms with Crippen LogP contribution in [0.25, 0.3) is 0 Å². The number of rotatable bonds is 5. The van der Waals surface area contributed by atoms with Crippen LogP contribution in [0.3, 0.4) is 0 Å². The minimum atomic E-state index is -3.80. The van der Waals surface area contributed by atoms with Crippen molar-refractivity contribution in [3.05, 3.63) is 24.3 Å². The molecule has 0 atom stereocenters. The van der Waals surface area contributed by atoms with E-state index in [1.165, 1.54) is 18.2 Å². The summed E-state index contributed by atoms with van der Waals surface area (Å²) < 4.78 is 33.4. The molecule has 1 fully saturated rings. The van der Waals surface area contributed by atoms with Crippen LogP contribution in [0.2, 0.25) is 0 Å². The summed E-state index contributed by atoms with van der Waals surface area (Å²) in [6.07, 6.45) is 0.528. The summed E-state index contributed by atoms with van der Waals surface area (Å²) in [4.78, 5) is 13.7. The lowest BCUT2D eigenvalue weighted by molar-refractivity contribution is 0.0203. The second-order valence-electron chi connectivity index (χ2n) is 7.69. The van der Waals surface area contributed by atoms with E-state index >= 15 is 0 Å². The molecule has 0 aliphatic carbocycles. The van der Waals surface area contributed by atoms with Gasteiger partial charge in [0.2, 0.25) is 15.7 Å². The Morgan fingerprint density at radius 1 is 1.23 bits per heavy atom. The molecule has 2 rings (SSSR count). The largest absolute Gasteiger partial charge is 0.444 e. The molecule has 0 radical (unpaired) electrons. The van der Waals surface area contributed by atoms with Gasteiger partial charge in [0.1, 0.15) is 17.7 Å². The number of ether oxygens (including phenoxy) is 1. The van der Waals surface area contributed by atoms with E-state index in [1.54, 1.807) is 43.9 Å². The van der Waals surface area contributed by atoms with Crippen molar-refractivity contribution in [3.63, 3.8) is 0 Å². The zero-order valence-electron chi connectivity index (χ0n) is 17.0. The van der Waals surface area contributed by atoms with E-state index in [2.05, 4.69) is 15.2 Å². The number of likely N-dealkylation sites (tertiary alicyclic amines) is 1. The predicted octanol–water partition coefficient (Wildman–Crippen LogP) is 2.18. The number of nitriles is 2. The fourth-order valence-electron chi connectivity index (χ4n) is 2.72. The molecule has 0 aromatic heterocycles. The van der Waals surface area contributed by atoms with Crippen LogP contribution in [0, 0.1) is 22.7 Å². The summed E-state index contributed by atoms with van der Waals surface area (Å²) >= 11 is 0. The molecule has 1 aliphatic rings. The minimum Gasteiger partial charge on any atom is -0.444 e. The van der Waals surface area contributed by atoms with E-state index in [-0.39, 0.29) is 16.6 Å². The number of hydrazone groups is 1. The van der Waals surface area contributed by atoms with Crippen molar-refractivity contribution < 1.29 is 17.9 Å². The Labute approximate surface area is 176 Å². The summed E-state index contributed by atoms with van der Waals surface area (Å²) in [5, 5.41) is 21.0. The third kappa shape index (κ3) is 6.72. The van der Waals surface area contributed by atoms with Crippen molar-refractivity contribution in [1.82, 2.24) is 9.62 Å². The molecule has 10 nitrogen and oxygen atoms in total. The maximum absolute atomic E-state index is 12.7. The van der Waals surface area contributed by atoms with E-state index in [9.17, 15) is 13.2 Å². The minimum absolute atomic E-state index is 0.0211. The van der Waals surface area contributed by atoms with Crippen LogP contribution in [0.5, 0.6) is 0 Å². The Morgan fingerprint density at radius 3 is 2.43 bits per heavy atom. The molecule has 11 heteroatoms. The van der Waals surface area contributed by atoms with Gasteiger partial charge in [-0.15, -0.1) is 0 Å². The van der Waals surface area contributed by atoms with E-state index in [0.29, 0.717) is 31.6 Å². The van der Waals surface area contributed by atoms with Crippen molar-refractivity contribution in [2.75, 3.05) is 18.5 Å². The molecule has 1 saturated heterocycles. The molecule has 30 heavy (non-hydrogen) atoms. The first-order chi connectivity index (χ1) is 14.0. The van der Waals surface area contributed by atoms with Crippen LogP contribution in [-0.4, -0.2) is 49.9 Å². The van der Waals surface area contributed by atoms with Crippen LogP contribution in [0.1, 0.15) is 33.6 Å². The topological polar surface area (TPSA) is 148 Å². The van der Waals surface area contributed by atoms with Crippen LogP contribution >= 0.6 is 0 Å². The summed E-state index contributed by atoms with van der Waals surface area (Å²) in [5.41, 5.74) is 1.85. The Balaban J connectivity index is 1.99. The van der Waals surface area contributed by atoms with E-state index in [0.717, 1.165) is 0 Å². The first-order valence-corrected chi connectivity index (χ1v) is 10.8. The van der Waals surface area contributed by atoms with Crippen molar-refractivity contribution in [2.45, 2.75) is 50.2 Å². The molecule has 0 spiro atoms. The number of carbonyl (C=O) groups excluding carboxylic acids is 1. The number of anilines is 1. The van der Waals surface area contributed by atoms with Gasteiger partial charge >= 0.3 is 6.09 Å². The number of hydrogen-bond donors (Lipinski definition) is 2. The number of nitrogens with zero attached hydrogens (tertiary/aromatic N) is 4. The summed E-state index contributed by atoms with van der Waals surface area (Å²) in [7, 11) is -3.80. The highest BCUT2D eigenvalue weighted by Crippen LogP contribution is 2.19. The Bertz CT molecular complexity index is 977. The SMILES string of the molecule is CC(C)(C)OC(=O)N1CCC(NS(=O)(=O)c2cccc(NN=C(C#N)C#N)c2)CC1. The normalized spacial score (nSPS) is 14.9. The van der Waals surface area contributed by atoms with Crippen molar-refractivity contribution >= 4 is 27.5 Å². The van der Waals surface area contributed by atoms with Gasteiger partial charge in [-0.1, -0.05) is 6.07 Å². The highest BCUT2D eigenvalue weighted by atomic mass is 32.2. The van der Waals surface area contributed by atoms with Gasteiger partial charge in [-0.05, 0) is 51.8 Å². The van der Waals surface area contributed by atoms with Crippen molar-refractivity contribution in [3.8, 4) is 12.1 Å². The number of benzene rings is 1. The average molecular weight is 433 g/mol. The van der Waals surface area contributed by atoms with Gasteiger partial charge < -0.3 is 9.64 Å². The zero-order chi connectivity index (χ0) is 22.4. The van der Waals surface area contributed by atoms with Crippen molar-refractivity contribution in [2.24, 2.45) is 5.10 Å². The van der Waals surface area contributed by atoms with E-state index in [1.807, 2.05) is 0 Å². The predicted molar refractivity (Wildman–Crippen MR) is 110 cm³/mol. The highest BCUT2D eigenvalue weighted by Gasteiger charge is 2.29. The number of hydrogen-bond acceptors (Lipinski definition) is 8. The maximum Gasteiger partial charge on any atom is 0.410 e. The first-order valence-electron chi connectivity index (χ1n) is 9.28. The van der Waals surface area contributed by atoms with Gasteiger partial charge in [0, 0.05) is 19.1 Å². The number of sulfonamides is 1. The van der Waals surface area contributed by atoms with Gasteiger partial charge in [-0.25, -0.2) is 17.9 Å². The molecule has 1 amide bonds. The lowest BCUT2D eigenvalue weighted by Crippen LogP contribution is -2.47. The van der Waals surface area contributed by atoms with Gasteiger partial charge in [-0.3, -0.25) is 5.43 Å². The standard InChI is InChI=1S/C19H24N6O4S/c1-19(2,3)29-18(26)25-9-7-14(8-10-25)24-30(27,28)17-6-4-5-15(11-17)22-23-16(12-20)13-21/h4-6,11,14,22,24H,7-10H2,1-3H3. The second kappa shape index (κ2) is 9.57. The van der Waals surface area contributed by atoms with Gasteiger partial charge in [0.15, 0.2) is 0 Å². The number of nitrogens with one attached hydrogen (secondary N) is 2. The Kier molecular flexibility index (Phi) is 7.38. The lowest BCUT2D eigenvalue weighted by Gasteiger charge is -2.33.